The van der Waals surface area contributed by atoms with Crippen molar-refractivity contribution in [3.8, 4) is 0 Å². The minimum absolute atomic E-state index is 0.0903. The standard InChI is InChI=1S/C20H21NO4/c22-18-14-3-1-2-4-15(14)19(23)21(18)17(20(24)25)16-12-6-10-5-11(8-12)9-13(16)7-10/h1-4,10-13,16-17H,5-9H2,(H,24,25)/t10?,11?,12?,13?,16?,17-/m0/s1. The Labute approximate surface area is 146 Å². The Hall–Kier alpha value is -2.17. The summed E-state index contributed by atoms with van der Waals surface area (Å²) in [5.41, 5.74) is 0.671. The number of hydrogen-bond acceptors (Lipinski definition) is 3. The topological polar surface area (TPSA) is 74.7 Å². The summed E-state index contributed by atoms with van der Waals surface area (Å²) in [6.07, 6.45) is 5.52. The number of rotatable bonds is 3. The molecule has 0 radical (unpaired) electrons. The molecule has 1 aromatic rings. The molecule has 0 aromatic heterocycles. The molecule has 4 saturated carbocycles. The number of carbonyl (C=O) groups is 3. The molecule has 130 valence electrons. The van der Waals surface area contributed by atoms with Crippen LogP contribution in [0.3, 0.4) is 0 Å². The number of carboxylic acids is 1. The molecule has 0 unspecified atom stereocenters. The van der Waals surface area contributed by atoms with Crippen molar-refractivity contribution >= 4 is 17.8 Å². The van der Waals surface area contributed by atoms with Gasteiger partial charge in [0.25, 0.3) is 11.8 Å². The van der Waals surface area contributed by atoms with Crippen LogP contribution in [0.15, 0.2) is 24.3 Å². The van der Waals surface area contributed by atoms with Crippen LogP contribution in [0.4, 0.5) is 0 Å². The zero-order valence-electron chi connectivity index (χ0n) is 13.9. The largest absolute Gasteiger partial charge is 0.480 e. The second-order valence-corrected chi connectivity index (χ2v) is 8.32. The van der Waals surface area contributed by atoms with E-state index in [0.717, 1.165) is 42.4 Å². The smallest absolute Gasteiger partial charge is 0.327 e. The summed E-state index contributed by atoms with van der Waals surface area (Å²) >= 11 is 0. The number of benzene rings is 1. The minimum atomic E-state index is -1.04. The van der Waals surface area contributed by atoms with Gasteiger partial charge in [-0.2, -0.15) is 0 Å². The zero-order valence-corrected chi connectivity index (χ0v) is 13.9. The molecule has 25 heavy (non-hydrogen) atoms. The molecule has 5 aliphatic rings. The van der Waals surface area contributed by atoms with Gasteiger partial charge in [0.05, 0.1) is 11.1 Å². The van der Waals surface area contributed by atoms with Crippen LogP contribution in [0.5, 0.6) is 0 Å². The maximum absolute atomic E-state index is 12.8. The van der Waals surface area contributed by atoms with Gasteiger partial charge in [0, 0.05) is 0 Å². The lowest BCUT2D eigenvalue weighted by atomic mass is 9.50. The van der Waals surface area contributed by atoms with Crippen LogP contribution in [0.25, 0.3) is 0 Å². The van der Waals surface area contributed by atoms with E-state index in [9.17, 15) is 19.5 Å². The van der Waals surface area contributed by atoms with Crippen LogP contribution in [0.2, 0.25) is 0 Å². The van der Waals surface area contributed by atoms with E-state index in [1.54, 1.807) is 24.3 Å². The molecule has 1 aromatic carbocycles. The van der Waals surface area contributed by atoms with Crippen molar-refractivity contribution in [1.29, 1.82) is 0 Å². The summed E-state index contributed by atoms with van der Waals surface area (Å²) in [6, 6.07) is 5.64. The molecule has 4 fully saturated rings. The number of imide groups is 1. The van der Waals surface area contributed by atoms with Gasteiger partial charge in [0.15, 0.2) is 0 Å². The quantitative estimate of drug-likeness (QED) is 0.859. The van der Waals surface area contributed by atoms with E-state index in [1.807, 2.05) is 0 Å². The Kier molecular flexibility index (Phi) is 3.12. The van der Waals surface area contributed by atoms with Crippen molar-refractivity contribution in [2.45, 2.75) is 38.1 Å². The molecule has 1 aliphatic heterocycles. The first-order valence-electron chi connectivity index (χ1n) is 9.24. The van der Waals surface area contributed by atoms with E-state index in [2.05, 4.69) is 0 Å². The van der Waals surface area contributed by atoms with Crippen molar-refractivity contribution in [2.24, 2.45) is 29.6 Å². The average Bonchev–Trinajstić information content (AvgIpc) is 2.82. The SMILES string of the molecule is O=C(O)[C@H](C1C2CC3CC(C2)CC1C3)N1C(=O)c2ccccc2C1=O. The van der Waals surface area contributed by atoms with Crippen LogP contribution in [0, 0.1) is 29.6 Å². The highest BCUT2D eigenvalue weighted by Crippen LogP contribution is 2.58. The average molecular weight is 339 g/mol. The molecule has 1 heterocycles. The van der Waals surface area contributed by atoms with Crippen molar-refractivity contribution < 1.29 is 19.5 Å². The second-order valence-electron chi connectivity index (χ2n) is 8.32. The van der Waals surface area contributed by atoms with Crippen molar-refractivity contribution in [3.63, 3.8) is 0 Å². The summed E-state index contributed by atoms with van der Waals surface area (Å²) in [5, 5.41) is 9.99. The fourth-order valence-electron chi connectivity index (χ4n) is 6.39. The van der Waals surface area contributed by atoms with Gasteiger partial charge in [-0.15, -0.1) is 0 Å². The van der Waals surface area contributed by atoms with Crippen LogP contribution in [-0.2, 0) is 4.79 Å². The molecule has 0 spiro atoms. The number of carbonyl (C=O) groups excluding carboxylic acids is 2. The third-order valence-electron chi connectivity index (χ3n) is 7.02. The lowest BCUT2D eigenvalue weighted by Gasteiger charge is -2.56. The summed E-state index contributed by atoms with van der Waals surface area (Å²) in [7, 11) is 0. The van der Waals surface area contributed by atoms with Gasteiger partial charge in [-0.25, -0.2) is 4.79 Å². The summed E-state index contributed by atoms with van der Waals surface area (Å²) in [5.74, 6) is 0.0946. The molecule has 1 atom stereocenters. The first kappa shape index (κ1) is 15.1. The Morgan fingerprint density at radius 3 is 1.84 bits per heavy atom. The molecule has 5 nitrogen and oxygen atoms in total. The highest BCUT2D eigenvalue weighted by molar-refractivity contribution is 6.22. The molecular formula is C20H21NO4. The normalized spacial score (nSPS) is 36.6. The van der Waals surface area contributed by atoms with Crippen molar-refractivity contribution in [3.05, 3.63) is 35.4 Å². The first-order chi connectivity index (χ1) is 12.0. The predicted octanol–water partition coefficient (Wildman–Crippen LogP) is 2.81. The van der Waals surface area contributed by atoms with E-state index in [1.165, 1.54) is 6.42 Å². The molecule has 6 rings (SSSR count). The first-order valence-corrected chi connectivity index (χ1v) is 9.24. The van der Waals surface area contributed by atoms with Gasteiger partial charge in [0.2, 0.25) is 0 Å². The van der Waals surface area contributed by atoms with Gasteiger partial charge < -0.3 is 5.11 Å². The van der Waals surface area contributed by atoms with Gasteiger partial charge in [-0.3, -0.25) is 14.5 Å². The fraction of sp³-hybridized carbons (Fsp3) is 0.550. The van der Waals surface area contributed by atoms with E-state index in [-0.39, 0.29) is 5.92 Å². The van der Waals surface area contributed by atoms with Crippen LogP contribution in [0.1, 0.15) is 52.8 Å². The lowest BCUT2D eigenvalue weighted by molar-refractivity contribution is -0.150. The predicted molar refractivity (Wildman–Crippen MR) is 88.9 cm³/mol. The number of amides is 2. The molecule has 5 heteroatoms. The highest BCUT2D eigenvalue weighted by atomic mass is 16.4. The monoisotopic (exact) mass is 339 g/mol. The number of fused-ring (bicyclic) bond motifs is 1. The maximum atomic E-state index is 12.8. The van der Waals surface area contributed by atoms with Crippen LogP contribution >= 0.6 is 0 Å². The second kappa shape index (κ2) is 5.16. The van der Waals surface area contributed by atoms with Crippen molar-refractivity contribution in [2.75, 3.05) is 0 Å². The van der Waals surface area contributed by atoms with E-state index >= 15 is 0 Å². The van der Waals surface area contributed by atoms with E-state index in [0.29, 0.717) is 23.0 Å². The zero-order chi connectivity index (χ0) is 17.3. The van der Waals surface area contributed by atoms with Crippen LogP contribution < -0.4 is 0 Å². The van der Waals surface area contributed by atoms with Gasteiger partial charge >= 0.3 is 5.97 Å². The minimum Gasteiger partial charge on any atom is -0.480 e. The molecule has 4 bridgehead atoms. The number of aliphatic carboxylic acids is 1. The van der Waals surface area contributed by atoms with E-state index < -0.39 is 23.8 Å². The number of carboxylic acid groups (broad SMARTS) is 1. The number of hydrogen-bond donors (Lipinski definition) is 1. The Bertz CT molecular complexity index is 723. The van der Waals surface area contributed by atoms with Gasteiger partial charge in [-0.1, -0.05) is 12.1 Å². The highest BCUT2D eigenvalue weighted by Gasteiger charge is 2.56. The van der Waals surface area contributed by atoms with Crippen LogP contribution in [-0.4, -0.2) is 33.8 Å². The van der Waals surface area contributed by atoms with Crippen molar-refractivity contribution in [1.82, 2.24) is 4.90 Å². The third-order valence-corrected chi connectivity index (χ3v) is 7.02. The lowest BCUT2D eigenvalue weighted by Crippen LogP contribution is -2.58. The van der Waals surface area contributed by atoms with E-state index in [4.69, 9.17) is 0 Å². The number of nitrogens with zero attached hydrogens (tertiary/aromatic N) is 1. The Balaban J connectivity index is 1.54. The molecule has 4 aliphatic carbocycles. The summed E-state index contributed by atoms with van der Waals surface area (Å²) in [6.45, 7) is 0. The maximum Gasteiger partial charge on any atom is 0.327 e. The molecule has 2 amide bonds. The third kappa shape index (κ3) is 2.04. The fourth-order valence-corrected chi connectivity index (χ4v) is 6.39. The molecule has 1 N–H and O–H groups in total. The van der Waals surface area contributed by atoms with Gasteiger partial charge in [-0.05, 0) is 73.8 Å². The molecular weight excluding hydrogens is 318 g/mol. The summed E-state index contributed by atoms with van der Waals surface area (Å²) in [4.78, 5) is 38.9. The Morgan fingerprint density at radius 2 is 1.40 bits per heavy atom. The molecule has 0 saturated heterocycles. The van der Waals surface area contributed by atoms with Gasteiger partial charge in [0.1, 0.15) is 6.04 Å². The Morgan fingerprint density at radius 1 is 0.920 bits per heavy atom. The summed E-state index contributed by atoms with van der Waals surface area (Å²) < 4.78 is 0.